The van der Waals surface area contributed by atoms with Gasteiger partial charge in [0.05, 0.1) is 12.8 Å². The van der Waals surface area contributed by atoms with Crippen molar-refractivity contribution in [2.24, 2.45) is 0 Å². The number of benzene rings is 2. The maximum atomic E-state index is 13.2. The zero-order valence-electron chi connectivity index (χ0n) is 16.3. The number of aryl methyl sites for hydroxylation is 2. The summed E-state index contributed by atoms with van der Waals surface area (Å²) in [6.45, 7) is 3.54. The first-order valence-electron chi connectivity index (χ1n) is 8.93. The molecule has 3 rings (SSSR count). The molecule has 1 amide bonds. The van der Waals surface area contributed by atoms with Crippen molar-refractivity contribution in [3.63, 3.8) is 0 Å². The number of ether oxygens (including phenoxy) is 1. The van der Waals surface area contributed by atoms with Gasteiger partial charge in [-0.1, -0.05) is 48.2 Å². The second-order valence-electron chi connectivity index (χ2n) is 6.28. The molecule has 1 N–H and O–H groups in total. The van der Waals surface area contributed by atoms with Crippen molar-refractivity contribution in [3.05, 3.63) is 77.2 Å². The van der Waals surface area contributed by atoms with Crippen LogP contribution in [0.3, 0.4) is 0 Å². The fourth-order valence-corrected chi connectivity index (χ4v) is 3.99. The molecule has 7 heteroatoms. The van der Waals surface area contributed by atoms with Gasteiger partial charge >= 0.3 is 0 Å². The molecule has 0 aliphatic rings. The first kappa shape index (κ1) is 20.4. The van der Waals surface area contributed by atoms with Crippen LogP contribution in [0.2, 0.25) is 0 Å². The van der Waals surface area contributed by atoms with Gasteiger partial charge in [0.25, 0.3) is 0 Å². The Morgan fingerprint density at radius 3 is 2.59 bits per heavy atom. The fraction of sp³-hybridized carbons (Fsp3) is 0.182. The van der Waals surface area contributed by atoms with Gasteiger partial charge in [-0.2, -0.15) is 5.26 Å². The summed E-state index contributed by atoms with van der Waals surface area (Å²) in [6, 6.07) is 18.7. The molecule has 1 aromatic heterocycles. The lowest BCUT2D eigenvalue weighted by Crippen LogP contribution is -2.19. The number of hydrogen-bond acceptors (Lipinski definition) is 6. The van der Waals surface area contributed by atoms with Crippen LogP contribution in [0.4, 0.5) is 5.69 Å². The van der Waals surface area contributed by atoms with Crippen LogP contribution in [0, 0.1) is 25.2 Å². The summed E-state index contributed by atoms with van der Waals surface area (Å²) >= 11 is 1.24. The molecular formula is C22H20N4O2S. The molecule has 0 fully saturated rings. The van der Waals surface area contributed by atoms with Crippen LogP contribution >= 0.6 is 11.8 Å². The van der Waals surface area contributed by atoms with E-state index in [1.54, 1.807) is 33.1 Å². The van der Waals surface area contributed by atoms with Crippen LogP contribution < -0.4 is 10.1 Å². The highest BCUT2D eigenvalue weighted by Crippen LogP contribution is 2.37. The monoisotopic (exact) mass is 404 g/mol. The highest BCUT2D eigenvalue weighted by Gasteiger charge is 2.25. The van der Waals surface area contributed by atoms with E-state index in [1.807, 2.05) is 42.5 Å². The average Bonchev–Trinajstić information content (AvgIpc) is 2.72. The van der Waals surface area contributed by atoms with Gasteiger partial charge < -0.3 is 10.1 Å². The van der Waals surface area contributed by atoms with E-state index in [4.69, 9.17) is 4.74 Å². The Balaban J connectivity index is 1.96. The normalized spacial score (nSPS) is 11.4. The smallest absolute Gasteiger partial charge is 0.242 e. The molecule has 0 spiro atoms. The van der Waals surface area contributed by atoms with Crippen molar-refractivity contribution in [3.8, 4) is 11.8 Å². The van der Waals surface area contributed by atoms with E-state index >= 15 is 0 Å². The largest absolute Gasteiger partial charge is 0.497 e. The summed E-state index contributed by atoms with van der Waals surface area (Å²) in [5, 5.41) is 12.4. The Labute approximate surface area is 174 Å². The third-order valence-corrected chi connectivity index (χ3v) is 5.43. The van der Waals surface area contributed by atoms with Crippen molar-refractivity contribution in [2.75, 3.05) is 12.4 Å². The molecule has 6 nitrogen and oxygen atoms in total. The predicted octanol–water partition coefficient (Wildman–Crippen LogP) is 4.45. The third-order valence-electron chi connectivity index (χ3n) is 4.19. The van der Waals surface area contributed by atoms with Gasteiger partial charge in [0, 0.05) is 11.8 Å². The molecule has 0 aliphatic heterocycles. The van der Waals surface area contributed by atoms with E-state index < -0.39 is 5.25 Å². The summed E-state index contributed by atoms with van der Waals surface area (Å²) in [7, 11) is 1.58. The second kappa shape index (κ2) is 9.22. The van der Waals surface area contributed by atoms with Crippen LogP contribution in [0.1, 0.15) is 27.9 Å². The first-order chi connectivity index (χ1) is 14.0. The number of amides is 1. The first-order valence-corrected chi connectivity index (χ1v) is 9.81. The van der Waals surface area contributed by atoms with Gasteiger partial charge in [-0.3, -0.25) is 4.79 Å². The Morgan fingerprint density at radius 2 is 1.90 bits per heavy atom. The molecule has 146 valence electrons. The number of aromatic nitrogens is 2. The maximum absolute atomic E-state index is 13.2. The Hall–Kier alpha value is -3.37. The lowest BCUT2D eigenvalue weighted by atomic mass is 10.1. The molecule has 1 unspecified atom stereocenters. The number of thioether (sulfide) groups is 1. The van der Waals surface area contributed by atoms with Gasteiger partial charge in [-0.15, -0.1) is 0 Å². The Bertz CT molecular complexity index is 1060. The van der Waals surface area contributed by atoms with E-state index in [1.165, 1.54) is 11.8 Å². The summed E-state index contributed by atoms with van der Waals surface area (Å²) in [4.78, 5) is 21.9. The second-order valence-corrected chi connectivity index (χ2v) is 7.37. The van der Waals surface area contributed by atoms with Crippen molar-refractivity contribution in [1.29, 1.82) is 5.26 Å². The molecule has 3 aromatic rings. The molecule has 0 aliphatic carbocycles. The van der Waals surface area contributed by atoms with E-state index in [-0.39, 0.29) is 5.91 Å². The highest BCUT2D eigenvalue weighted by molar-refractivity contribution is 8.00. The number of carbonyl (C=O) groups is 1. The molecule has 1 heterocycles. The van der Waals surface area contributed by atoms with Crippen molar-refractivity contribution < 1.29 is 9.53 Å². The lowest BCUT2D eigenvalue weighted by Gasteiger charge is -2.18. The topological polar surface area (TPSA) is 87.9 Å². The van der Waals surface area contributed by atoms with E-state index in [0.717, 1.165) is 5.56 Å². The zero-order chi connectivity index (χ0) is 20.8. The Kier molecular flexibility index (Phi) is 6.47. The Morgan fingerprint density at radius 1 is 1.14 bits per heavy atom. The van der Waals surface area contributed by atoms with E-state index in [9.17, 15) is 10.1 Å². The predicted molar refractivity (Wildman–Crippen MR) is 113 cm³/mol. The van der Waals surface area contributed by atoms with Crippen LogP contribution in [0.5, 0.6) is 5.75 Å². The number of nitrogens with one attached hydrogen (secondary N) is 1. The summed E-state index contributed by atoms with van der Waals surface area (Å²) in [6.07, 6.45) is 0. The number of anilines is 1. The molecule has 0 radical (unpaired) electrons. The lowest BCUT2D eigenvalue weighted by molar-refractivity contribution is -0.115. The number of carbonyl (C=O) groups excluding carboxylic acids is 1. The molecule has 1 atom stereocenters. The van der Waals surface area contributed by atoms with Gasteiger partial charge in [0.1, 0.15) is 33.5 Å². The summed E-state index contributed by atoms with van der Waals surface area (Å²) in [5.74, 6) is 0.997. The number of hydrogen-bond donors (Lipinski definition) is 1. The van der Waals surface area contributed by atoms with Gasteiger partial charge in [0.15, 0.2) is 0 Å². The van der Waals surface area contributed by atoms with Gasteiger partial charge in [-0.25, -0.2) is 9.97 Å². The summed E-state index contributed by atoms with van der Waals surface area (Å²) < 4.78 is 5.22. The maximum Gasteiger partial charge on any atom is 0.242 e. The minimum atomic E-state index is -0.594. The minimum absolute atomic E-state index is 0.215. The zero-order valence-corrected chi connectivity index (χ0v) is 17.2. The third kappa shape index (κ3) is 4.92. The van der Waals surface area contributed by atoms with Crippen molar-refractivity contribution in [2.45, 2.75) is 24.1 Å². The number of methoxy groups -OCH3 is 1. The standard InChI is InChI=1S/C22H20N4O2S/c1-14-19(13-23)22(25-15(2)24-14)29-20(16-8-5-4-6-9-16)21(27)26-17-10-7-11-18(12-17)28-3/h4-12,20H,1-3H3,(H,26,27). The van der Waals surface area contributed by atoms with E-state index in [2.05, 4.69) is 21.4 Å². The number of nitrogens with zero attached hydrogens (tertiary/aromatic N) is 3. The minimum Gasteiger partial charge on any atom is -0.497 e. The molecule has 0 saturated carbocycles. The molecule has 0 bridgehead atoms. The van der Waals surface area contributed by atoms with Crippen LogP contribution in [0.15, 0.2) is 59.6 Å². The average molecular weight is 404 g/mol. The van der Waals surface area contributed by atoms with Gasteiger partial charge in [0.2, 0.25) is 5.91 Å². The van der Waals surface area contributed by atoms with Crippen molar-refractivity contribution >= 4 is 23.4 Å². The number of nitriles is 1. The summed E-state index contributed by atoms with van der Waals surface area (Å²) in [5.41, 5.74) is 2.43. The van der Waals surface area contributed by atoms with Crippen LogP contribution in [-0.4, -0.2) is 23.0 Å². The van der Waals surface area contributed by atoms with Crippen LogP contribution in [0.25, 0.3) is 0 Å². The molecule has 0 saturated heterocycles. The van der Waals surface area contributed by atoms with E-state index in [0.29, 0.717) is 33.5 Å². The highest BCUT2D eigenvalue weighted by atomic mass is 32.2. The molecule has 29 heavy (non-hydrogen) atoms. The van der Waals surface area contributed by atoms with Crippen LogP contribution in [-0.2, 0) is 4.79 Å². The quantitative estimate of drug-likeness (QED) is 0.482. The number of rotatable bonds is 6. The van der Waals surface area contributed by atoms with Crippen molar-refractivity contribution in [1.82, 2.24) is 9.97 Å². The SMILES string of the molecule is COc1cccc(NC(=O)C(Sc2nc(C)nc(C)c2C#N)c2ccccc2)c1. The molecular weight excluding hydrogens is 384 g/mol. The fourth-order valence-electron chi connectivity index (χ4n) is 2.82. The van der Waals surface area contributed by atoms with Gasteiger partial charge in [-0.05, 0) is 31.5 Å². The molecule has 2 aromatic carbocycles.